The van der Waals surface area contributed by atoms with Crippen LogP contribution in [0.25, 0.3) is 0 Å². The number of primary amides is 1. The van der Waals surface area contributed by atoms with Crippen molar-refractivity contribution in [3.63, 3.8) is 0 Å². The van der Waals surface area contributed by atoms with Gasteiger partial charge in [0, 0.05) is 18.7 Å². The second kappa shape index (κ2) is 5.88. The molecule has 1 saturated heterocycles. The molecular formula is C13H15F3N2O3S. The van der Waals surface area contributed by atoms with Crippen LogP contribution in [0.15, 0.2) is 29.2 Å². The minimum absolute atomic E-state index is 0.0481. The smallest absolute Gasteiger partial charge is 0.366 e. The monoisotopic (exact) mass is 336 g/mol. The Morgan fingerprint density at radius 3 is 2.32 bits per heavy atom. The van der Waals surface area contributed by atoms with Crippen molar-refractivity contribution in [3.8, 4) is 0 Å². The fraction of sp³-hybridized carbons (Fsp3) is 0.462. The number of hydrogen-bond acceptors (Lipinski definition) is 3. The summed E-state index contributed by atoms with van der Waals surface area (Å²) in [4.78, 5) is 10.8. The van der Waals surface area contributed by atoms with Crippen LogP contribution in [0.5, 0.6) is 0 Å². The first-order valence-corrected chi connectivity index (χ1v) is 8.03. The van der Waals surface area contributed by atoms with Crippen LogP contribution in [0.2, 0.25) is 0 Å². The number of hydrogen-bond donors (Lipinski definition) is 1. The second-order valence-electron chi connectivity index (χ2n) is 5.13. The predicted molar refractivity (Wildman–Crippen MR) is 72.5 cm³/mol. The van der Waals surface area contributed by atoms with E-state index in [2.05, 4.69) is 0 Å². The average Bonchev–Trinajstić information content (AvgIpc) is 2.46. The quantitative estimate of drug-likeness (QED) is 0.913. The van der Waals surface area contributed by atoms with Crippen molar-refractivity contribution in [3.05, 3.63) is 29.8 Å². The zero-order valence-electron chi connectivity index (χ0n) is 11.5. The third kappa shape index (κ3) is 3.41. The molecule has 0 saturated carbocycles. The van der Waals surface area contributed by atoms with Crippen molar-refractivity contribution in [2.75, 3.05) is 13.1 Å². The standard InChI is InChI=1S/C13H15F3N2O3S/c14-13(15,16)10-2-1-7-18(8-10)22(20,21)11-5-3-9(4-6-11)12(17)19/h3-6,10H,1-2,7-8H2,(H2,17,19)/t10-/m1/s1. The van der Waals surface area contributed by atoms with E-state index in [0.29, 0.717) is 0 Å². The number of carbonyl (C=O) groups excluding carboxylic acids is 1. The van der Waals surface area contributed by atoms with E-state index in [4.69, 9.17) is 5.73 Å². The summed E-state index contributed by atoms with van der Waals surface area (Å²) in [5, 5.41) is 0. The number of rotatable bonds is 3. The van der Waals surface area contributed by atoms with E-state index in [1.165, 1.54) is 24.3 Å². The molecule has 122 valence electrons. The molecule has 9 heteroatoms. The van der Waals surface area contributed by atoms with E-state index in [9.17, 15) is 26.4 Å². The molecule has 0 spiro atoms. The highest BCUT2D eigenvalue weighted by molar-refractivity contribution is 7.89. The Bertz CT molecular complexity index is 656. The normalized spacial score (nSPS) is 20.8. The van der Waals surface area contributed by atoms with Crippen molar-refractivity contribution in [1.29, 1.82) is 0 Å². The zero-order chi connectivity index (χ0) is 16.5. The third-order valence-electron chi connectivity index (χ3n) is 3.62. The number of carbonyl (C=O) groups is 1. The molecule has 0 unspecified atom stereocenters. The maximum atomic E-state index is 12.8. The summed E-state index contributed by atoms with van der Waals surface area (Å²) in [6, 6.07) is 4.82. The summed E-state index contributed by atoms with van der Waals surface area (Å²) >= 11 is 0. The molecule has 1 aromatic rings. The number of sulfonamides is 1. The van der Waals surface area contributed by atoms with Crippen LogP contribution in [-0.2, 0) is 10.0 Å². The summed E-state index contributed by atoms with van der Waals surface area (Å²) in [6.07, 6.45) is -4.33. The Morgan fingerprint density at radius 1 is 1.23 bits per heavy atom. The molecular weight excluding hydrogens is 321 g/mol. The molecule has 1 amide bonds. The van der Waals surface area contributed by atoms with Gasteiger partial charge in [0.2, 0.25) is 15.9 Å². The van der Waals surface area contributed by atoms with Crippen molar-refractivity contribution in [2.45, 2.75) is 23.9 Å². The number of benzene rings is 1. The van der Waals surface area contributed by atoms with Gasteiger partial charge in [-0.25, -0.2) is 8.42 Å². The van der Waals surface area contributed by atoms with Crippen molar-refractivity contribution >= 4 is 15.9 Å². The highest BCUT2D eigenvalue weighted by atomic mass is 32.2. The molecule has 0 aliphatic carbocycles. The number of amides is 1. The Balaban J connectivity index is 2.24. The van der Waals surface area contributed by atoms with Crippen LogP contribution < -0.4 is 5.73 Å². The first-order valence-electron chi connectivity index (χ1n) is 6.59. The van der Waals surface area contributed by atoms with E-state index >= 15 is 0 Å². The first kappa shape index (κ1) is 16.8. The van der Waals surface area contributed by atoms with Crippen LogP contribution in [0.1, 0.15) is 23.2 Å². The number of nitrogens with zero attached hydrogens (tertiary/aromatic N) is 1. The number of nitrogens with two attached hydrogens (primary N) is 1. The van der Waals surface area contributed by atoms with Crippen LogP contribution >= 0.6 is 0 Å². The Hall–Kier alpha value is -1.61. The summed E-state index contributed by atoms with van der Waals surface area (Å²) in [5.74, 6) is -2.36. The molecule has 1 aromatic carbocycles. The van der Waals surface area contributed by atoms with Crippen LogP contribution in [0, 0.1) is 5.92 Å². The van der Waals surface area contributed by atoms with Gasteiger partial charge in [0.25, 0.3) is 0 Å². The maximum absolute atomic E-state index is 12.8. The first-order chi connectivity index (χ1) is 10.1. The topological polar surface area (TPSA) is 80.5 Å². The summed E-state index contributed by atoms with van der Waals surface area (Å²) in [6.45, 7) is -0.532. The van der Waals surface area contributed by atoms with E-state index in [0.717, 1.165) is 4.31 Å². The predicted octanol–water partition coefficient (Wildman–Crippen LogP) is 1.75. The van der Waals surface area contributed by atoms with Gasteiger partial charge in [0.1, 0.15) is 0 Å². The molecule has 0 aromatic heterocycles. The highest BCUT2D eigenvalue weighted by Gasteiger charge is 2.44. The van der Waals surface area contributed by atoms with E-state index in [1.807, 2.05) is 0 Å². The minimum Gasteiger partial charge on any atom is -0.366 e. The number of alkyl halides is 3. The van der Waals surface area contributed by atoms with Gasteiger partial charge in [-0.05, 0) is 37.1 Å². The van der Waals surface area contributed by atoms with Crippen LogP contribution in [0.4, 0.5) is 13.2 Å². The minimum atomic E-state index is -4.41. The fourth-order valence-electron chi connectivity index (χ4n) is 2.37. The fourth-order valence-corrected chi connectivity index (χ4v) is 3.89. The lowest BCUT2D eigenvalue weighted by atomic mass is 9.99. The summed E-state index contributed by atoms with van der Waals surface area (Å²) in [5.41, 5.74) is 5.19. The van der Waals surface area contributed by atoms with Crippen LogP contribution in [0.3, 0.4) is 0 Å². The number of piperidine rings is 1. The third-order valence-corrected chi connectivity index (χ3v) is 5.50. The second-order valence-corrected chi connectivity index (χ2v) is 7.07. The molecule has 5 nitrogen and oxygen atoms in total. The molecule has 1 fully saturated rings. The lowest BCUT2D eigenvalue weighted by molar-refractivity contribution is -0.182. The molecule has 22 heavy (non-hydrogen) atoms. The molecule has 0 bridgehead atoms. The Morgan fingerprint density at radius 2 is 1.82 bits per heavy atom. The highest BCUT2D eigenvalue weighted by Crippen LogP contribution is 2.34. The van der Waals surface area contributed by atoms with E-state index in [1.54, 1.807) is 0 Å². The SMILES string of the molecule is NC(=O)c1ccc(S(=O)(=O)N2CCC[C@@H](C(F)(F)F)C2)cc1. The lowest BCUT2D eigenvalue weighted by Crippen LogP contribution is -2.44. The van der Waals surface area contributed by atoms with Gasteiger partial charge >= 0.3 is 6.18 Å². The van der Waals surface area contributed by atoms with Crippen molar-refractivity contribution in [1.82, 2.24) is 4.31 Å². The molecule has 2 rings (SSSR count). The summed E-state index contributed by atoms with van der Waals surface area (Å²) in [7, 11) is -4.02. The Labute approximate surface area is 125 Å². The van der Waals surface area contributed by atoms with Gasteiger partial charge in [-0.3, -0.25) is 4.79 Å². The summed E-state index contributed by atoms with van der Waals surface area (Å²) < 4.78 is 63.9. The average molecular weight is 336 g/mol. The molecule has 2 N–H and O–H groups in total. The molecule has 1 aliphatic rings. The molecule has 0 radical (unpaired) electrons. The van der Waals surface area contributed by atoms with E-state index in [-0.39, 0.29) is 29.8 Å². The molecule has 1 heterocycles. The van der Waals surface area contributed by atoms with Gasteiger partial charge in [-0.1, -0.05) is 0 Å². The molecule has 1 atom stereocenters. The lowest BCUT2D eigenvalue weighted by Gasteiger charge is -2.32. The van der Waals surface area contributed by atoms with Gasteiger partial charge in [0.15, 0.2) is 0 Å². The van der Waals surface area contributed by atoms with Crippen molar-refractivity contribution in [2.24, 2.45) is 11.7 Å². The van der Waals surface area contributed by atoms with Gasteiger partial charge in [-0.2, -0.15) is 17.5 Å². The Kier molecular flexibility index (Phi) is 4.48. The molecule has 1 aliphatic heterocycles. The zero-order valence-corrected chi connectivity index (χ0v) is 12.3. The van der Waals surface area contributed by atoms with E-state index < -0.39 is 34.6 Å². The maximum Gasteiger partial charge on any atom is 0.393 e. The van der Waals surface area contributed by atoms with Crippen molar-refractivity contribution < 1.29 is 26.4 Å². The van der Waals surface area contributed by atoms with Gasteiger partial charge in [-0.15, -0.1) is 0 Å². The largest absolute Gasteiger partial charge is 0.393 e. The number of halogens is 3. The van der Waals surface area contributed by atoms with Crippen LogP contribution in [-0.4, -0.2) is 37.9 Å². The van der Waals surface area contributed by atoms with Gasteiger partial charge in [0.05, 0.1) is 10.8 Å². The van der Waals surface area contributed by atoms with Gasteiger partial charge < -0.3 is 5.73 Å².